The second kappa shape index (κ2) is 4.85. The standard InChI is InChI=1S/C12H15ClN2O/c13-9-2-3-10-8(7-9)1-4-11(10)15-6-5-12(14)16/h2-3,7,11,15H,1,4-6H2,(H2,14,16). The van der Waals surface area contributed by atoms with Crippen molar-refractivity contribution in [2.45, 2.75) is 25.3 Å². The van der Waals surface area contributed by atoms with Crippen LogP contribution in [0.15, 0.2) is 18.2 Å². The van der Waals surface area contributed by atoms with E-state index in [1.54, 1.807) is 0 Å². The zero-order chi connectivity index (χ0) is 11.5. The van der Waals surface area contributed by atoms with Crippen molar-refractivity contribution in [2.24, 2.45) is 5.73 Å². The molecule has 1 unspecified atom stereocenters. The molecule has 3 nitrogen and oxygen atoms in total. The Hall–Kier alpha value is -1.06. The molecular formula is C12H15ClN2O. The Balaban J connectivity index is 1.98. The highest BCUT2D eigenvalue weighted by molar-refractivity contribution is 6.30. The minimum Gasteiger partial charge on any atom is -0.370 e. The Morgan fingerprint density at radius 3 is 3.12 bits per heavy atom. The molecule has 0 heterocycles. The number of hydrogen-bond acceptors (Lipinski definition) is 2. The van der Waals surface area contributed by atoms with Crippen LogP contribution >= 0.6 is 11.6 Å². The van der Waals surface area contributed by atoms with Gasteiger partial charge >= 0.3 is 0 Å². The Kier molecular flexibility index (Phi) is 3.46. The number of rotatable bonds is 4. The van der Waals surface area contributed by atoms with Gasteiger partial charge in [0.2, 0.25) is 5.91 Å². The first kappa shape index (κ1) is 11.4. The average Bonchev–Trinajstić information content (AvgIpc) is 2.60. The highest BCUT2D eigenvalue weighted by Gasteiger charge is 2.21. The van der Waals surface area contributed by atoms with Gasteiger partial charge in [0.15, 0.2) is 0 Å². The van der Waals surface area contributed by atoms with Crippen LogP contribution in [-0.4, -0.2) is 12.5 Å². The number of carbonyl (C=O) groups excluding carboxylic acids is 1. The van der Waals surface area contributed by atoms with E-state index in [9.17, 15) is 4.79 Å². The van der Waals surface area contributed by atoms with E-state index in [1.165, 1.54) is 11.1 Å². The first-order chi connectivity index (χ1) is 7.66. The van der Waals surface area contributed by atoms with E-state index in [1.807, 2.05) is 12.1 Å². The van der Waals surface area contributed by atoms with E-state index < -0.39 is 0 Å². The van der Waals surface area contributed by atoms with Gasteiger partial charge in [0.25, 0.3) is 0 Å². The first-order valence-corrected chi connectivity index (χ1v) is 5.84. The lowest BCUT2D eigenvalue weighted by molar-refractivity contribution is -0.117. The number of halogens is 1. The molecule has 4 heteroatoms. The largest absolute Gasteiger partial charge is 0.370 e. The lowest BCUT2D eigenvalue weighted by Crippen LogP contribution is -2.24. The average molecular weight is 239 g/mol. The molecule has 1 aliphatic rings. The van der Waals surface area contributed by atoms with E-state index >= 15 is 0 Å². The lowest BCUT2D eigenvalue weighted by Gasteiger charge is -2.13. The molecule has 0 aliphatic heterocycles. The summed E-state index contributed by atoms with van der Waals surface area (Å²) >= 11 is 5.94. The van der Waals surface area contributed by atoms with Gasteiger partial charge in [0.05, 0.1) is 0 Å². The van der Waals surface area contributed by atoms with Crippen molar-refractivity contribution < 1.29 is 4.79 Å². The smallest absolute Gasteiger partial charge is 0.218 e. The summed E-state index contributed by atoms with van der Waals surface area (Å²) in [5.41, 5.74) is 7.70. The van der Waals surface area contributed by atoms with E-state index in [2.05, 4.69) is 11.4 Å². The van der Waals surface area contributed by atoms with Crippen molar-refractivity contribution in [2.75, 3.05) is 6.54 Å². The molecule has 0 radical (unpaired) electrons. The lowest BCUT2D eigenvalue weighted by atomic mass is 10.1. The number of hydrogen-bond donors (Lipinski definition) is 2. The number of aryl methyl sites for hydroxylation is 1. The highest BCUT2D eigenvalue weighted by Crippen LogP contribution is 2.32. The predicted molar refractivity (Wildman–Crippen MR) is 64.3 cm³/mol. The van der Waals surface area contributed by atoms with E-state index in [4.69, 9.17) is 17.3 Å². The van der Waals surface area contributed by atoms with Crippen molar-refractivity contribution in [3.63, 3.8) is 0 Å². The van der Waals surface area contributed by atoms with Gasteiger partial charge in [-0.1, -0.05) is 17.7 Å². The maximum absolute atomic E-state index is 10.6. The van der Waals surface area contributed by atoms with E-state index in [0.717, 1.165) is 17.9 Å². The highest BCUT2D eigenvalue weighted by atomic mass is 35.5. The summed E-state index contributed by atoms with van der Waals surface area (Å²) in [4.78, 5) is 10.6. The fraction of sp³-hybridized carbons (Fsp3) is 0.417. The van der Waals surface area contributed by atoms with Gasteiger partial charge in [-0.3, -0.25) is 4.79 Å². The maximum atomic E-state index is 10.6. The van der Waals surface area contributed by atoms with Crippen LogP contribution in [0.1, 0.15) is 30.0 Å². The molecule has 0 saturated carbocycles. The molecule has 0 spiro atoms. The van der Waals surface area contributed by atoms with Crippen LogP contribution < -0.4 is 11.1 Å². The first-order valence-electron chi connectivity index (χ1n) is 5.47. The van der Waals surface area contributed by atoms with Gasteiger partial charge in [-0.2, -0.15) is 0 Å². The molecule has 2 rings (SSSR count). The Bertz CT molecular complexity index is 406. The minimum atomic E-state index is -0.262. The van der Waals surface area contributed by atoms with Crippen LogP contribution in [0, 0.1) is 0 Å². The minimum absolute atomic E-state index is 0.262. The molecule has 1 atom stereocenters. The molecule has 0 fully saturated rings. The zero-order valence-electron chi connectivity index (χ0n) is 9.00. The van der Waals surface area contributed by atoms with Gasteiger partial charge in [-0.25, -0.2) is 0 Å². The van der Waals surface area contributed by atoms with Crippen molar-refractivity contribution in [1.82, 2.24) is 5.32 Å². The molecule has 1 aromatic rings. The van der Waals surface area contributed by atoms with Crippen LogP contribution in [0.4, 0.5) is 0 Å². The van der Waals surface area contributed by atoms with Gasteiger partial charge < -0.3 is 11.1 Å². The molecule has 86 valence electrons. The van der Waals surface area contributed by atoms with Gasteiger partial charge in [-0.15, -0.1) is 0 Å². The number of amides is 1. The number of primary amides is 1. The molecule has 3 N–H and O–H groups in total. The number of nitrogens with two attached hydrogens (primary N) is 1. The monoisotopic (exact) mass is 238 g/mol. The number of carbonyl (C=O) groups is 1. The SMILES string of the molecule is NC(=O)CCNC1CCc2cc(Cl)ccc21. The fourth-order valence-electron chi connectivity index (χ4n) is 2.17. The summed E-state index contributed by atoms with van der Waals surface area (Å²) in [7, 11) is 0. The predicted octanol–water partition coefficient (Wildman–Crippen LogP) is 1.79. The molecule has 0 aromatic heterocycles. The van der Waals surface area contributed by atoms with Gasteiger partial charge in [0, 0.05) is 24.0 Å². The summed E-state index contributed by atoms with van der Waals surface area (Å²) in [5, 5.41) is 4.13. The van der Waals surface area contributed by atoms with Gasteiger partial charge in [0.1, 0.15) is 0 Å². The topological polar surface area (TPSA) is 55.1 Å². The molecule has 16 heavy (non-hydrogen) atoms. The number of fused-ring (bicyclic) bond motifs is 1. The molecule has 0 bridgehead atoms. The molecule has 1 aromatic carbocycles. The normalized spacial score (nSPS) is 18.4. The fourth-order valence-corrected chi connectivity index (χ4v) is 2.36. The van der Waals surface area contributed by atoms with Crippen LogP contribution in [-0.2, 0) is 11.2 Å². The van der Waals surface area contributed by atoms with Crippen molar-refractivity contribution in [1.29, 1.82) is 0 Å². The van der Waals surface area contributed by atoms with Crippen molar-refractivity contribution >= 4 is 17.5 Å². The summed E-state index contributed by atoms with van der Waals surface area (Å²) in [6, 6.07) is 6.33. The number of nitrogens with one attached hydrogen (secondary N) is 1. The third kappa shape index (κ3) is 2.54. The van der Waals surface area contributed by atoms with Crippen LogP contribution in [0.25, 0.3) is 0 Å². The van der Waals surface area contributed by atoms with Crippen molar-refractivity contribution in [3.05, 3.63) is 34.3 Å². The summed E-state index contributed by atoms with van der Waals surface area (Å²) in [6.45, 7) is 0.641. The Morgan fingerprint density at radius 2 is 2.38 bits per heavy atom. The molecule has 1 amide bonds. The van der Waals surface area contributed by atoms with Crippen LogP contribution in [0.5, 0.6) is 0 Å². The summed E-state index contributed by atoms with van der Waals surface area (Å²) in [5.74, 6) is -0.262. The quantitative estimate of drug-likeness (QED) is 0.840. The second-order valence-corrected chi connectivity index (χ2v) is 4.54. The molecular weight excluding hydrogens is 224 g/mol. The maximum Gasteiger partial charge on any atom is 0.218 e. The molecule has 1 aliphatic carbocycles. The third-order valence-corrected chi connectivity index (χ3v) is 3.18. The van der Waals surface area contributed by atoms with Crippen LogP contribution in [0.3, 0.4) is 0 Å². The molecule has 0 saturated heterocycles. The number of benzene rings is 1. The van der Waals surface area contributed by atoms with Crippen molar-refractivity contribution in [3.8, 4) is 0 Å². The van der Waals surface area contributed by atoms with Crippen LogP contribution in [0.2, 0.25) is 5.02 Å². The third-order valence-electron chi connectivity index (χ3n) is 2.94. The van der Waals surface area contributed by atoms with E-state index in [-0.39, 0.29) is 5.91 Å². The Morgan fingerprint density at radius 1 is 1.56 bits per heavy atom. The van der Waals surface area contributed by atoms with E-state index in [0.29, 0.717) is 19.0 Å². The Labute approximate surface area is 100.0 Å². The second-order valence-electron chi connectivity index (χ2n) is 4.10. The summed E-state index contributed by atoms with van der Waals surface area (Å²) in [6.07, 6.45) is 2.50. The zero-order valence-corrected chi connectivity index (χ0v) is 9.76. The summed E-state index contributed by atoms with van der Waals surface area (Å²) < 4.78 is 0. The van der Waals surface area contributed by atoms with Gasteiger partial charge in [-0.05, 0) is 36.1 Å².